The standard InChI is InChI=1S/C18H18N2O2/c1-11-5-4-6-14(8-11)19-17(21)10-16-15-9-12(2)7-13(3)18(15)22-20-16/h4-9H,10H2,1-3H3,(H,19,21). The van der Waals surface area contributed by atoms with E-state index in [0.29, 0.717) is 5.69 Å². The molecule has 1 amide bonds. The number of nitrogens with zero attached hydrogens (tertiary/aromatic N) is 1. The molecule has 0 atom stereocenters. The quantitative estimate of drug-likeness (QED) is 0.796. The fraction of sp³-hybridized carbons (Fsp3) is 0.222. The summed E-state index contributed by atoms with van der Waals surface area (Å²) in [6.07, 6.45) is 0.198. The molecule has 4 nitrogen and oxygen atoms in total. The second-order valence-corrected chi connectivity index (χ2v) is 5.68. The number of fused-ring (bicyclic) bond motifs is 1. The van der Waals surface area contributed by atoms with Gasteiger partial charge in [0.15, 0.2) is 5.58 Å². The molecule has 0 aliphatic carbocycles. The lowest BCUT2D eigenvalue weighted by atomic mass is 10.1. The van der Waals surface area contributed by atoms with Gasteiger partial charge in [0.05, 0.1) is 6.42 Å². The average molecular weight is 294 g/mol. The molecule has 0 aliphatic rings. The van der Waals surface area contributed by atoms with Gasteiger partial charge in [0, 0.05) is 11.1 Å². The van der Waals surface area contributed by atoms with Crippen LogP contribution in [0.4, 0.5) is 5.69 Å². The van der Waals surface area contributed by atoms with E-state index in [4.69, 9.17) is 4.52 Å². The summed E-state index contributed by atoms with van der Waals surface area (Å²) in [4.78, 5) is 12.2. The van der Waals surface area contributed by atoms with Crippen molar-refractivity contribution in [2.24, 2.45) is 0 Å². The third-order valence-corrected chi connectivity index (χ3v) is 3.61. The summed E-state index contributed by atoms with van der Waals surface area (Å²) >= 11 is 0. The number of carbonyl (C=O) groups excluding carboxylic acids is 1. The molecule has 1 N–H and O–H groups in total. The average Bonchev–Trinajstić information content (AvgIpc) is 2.82. The SMILES string of the molecule is Cc1cccc(NC(=O)Cc2noc3c(C)cc(C)cc23)c1. The number of rotatable bonds is 3. The number of carbonyl (C=O) groups is 1. The van der Waals surface area contributed by atoms with Crippen LogP contribution in [0.25, 0.3) is 11.0 Å². The normalized spacial score (nSPS) is 10.9. The Hall–Kier alpha value is -2.62. The third-order valence-electron chi connectivity index (χ3n) is 3.61. The van der Waals surface area contributed by atoms with Crippen molar-refractivity contribution < 1.29 is 9.32 Å². The summed E-state index contributed by atoms with van der Waals surface area (Å²) < 4.78 is 5.38. The first-order valence-electron chi connectivity index (χ1n) is 7.25. The maximum atomic E-state index is 12.2. The Kier molecular flexibility index (Phi) is 3.67. The van der Waals surface area contributed by atoms with Gasteiger partial charge in [0.1, 0.15) is 5.69 Å². The highest BCUT2D eigenvalue weighted by molar-refractivity contribution is 5.95. The number of nitrogens with one attached hydrogen (secondary N) is 1. The van der Waals surface area contributed by atoms with Crippen LogP contribution in [0.15, 0.2) is 40.9 Å². The predicted octanol–water partition coefficient (Wildman–Crippen LogP) is 3.93. The monoisotopic (exact) mass is 294 g/mol. The van der Waals surface area contributed by atoms with Crippen molar-refractivity contribution in [3.05, 3.63) is 58.8 Å². The summed E-state index contributed by atoms with van der Waals surface area (Å²) in [6.45, 7) is 6.00. The van der Waals surface area contributed by atoms with E-state index in [0.717, 1.165) is 33.3 Å². The van der Waals surface area contributed by atoms with E-state index in [-0.39, 0.29) is 12.3 Å². The number of aryl methyl sites for hydroxylation is 3. The lowest BCUT2D eigenvalue weighted by Gasteiger charge is -2.05. The van der Waals surface area contributed by atoms with Crippen LogP contribution in [0.3, 0.4) is 0 Å². The van der Waals surface area contributed by atoms with Gasteiger partial charge in [0.25, 0.3) is 0 Å². The zero-order valence-corrected chi connectivity index (χ0v) is 12.9. The molecule has 0 aliphatic heterocycles. The molecule has 0 unspecified atom stereocenters. The van der Waals surface area contributed by atoms with E-state index < -0.39 is 0 Å². The van der Waals surface area contributed by atoms with Crippen LogP contribution in [-0.4, -0.2) is 11.1 Å². The van der Waals surface area contributed by atoms with Crippen molar-refractivity contribution in [3.8, 4) is 0 Å². The highest BCUT2D eigenvalue weighted by Crippen LogP contribution is 2.24. The highest BCUT2D eigenvalue weighted by atomic mass is 16.5. The zero-order chi connectivity index (χ0) is 15.7. The summed E-state index contributed by atoms with van der Waals surface area (Å²) in [7, 11) is 0. The number of amides is 1. The molecular weight excluding hydrogens is 276 g/mol. The lowest BCUT2D eigenvalue weighted by molar-refractivity contribution is -0.115. The van der Waals surface area contributed by atoms with Crippen LogP contribution in [0.5, 0.6) is 0 Å². The first kappa shape index (κ1) is 14.3. The molecule has 2 aromatic carbocycles. The van der Waals surface area contributed by atoms with Gasteiger partial charge >= 0.3 is 0 Å². The first-order chi connectivity index (χ1) is 10.5. The van der Waals surface area contributed by atoms with Gasteiger partial charge in [-0.3, -0.25) is 4.79 Å². The van der Waals surface area contributed by atoms with Crippen LogP contribution in [0.2, 0.25) is 0 Å². The Morgan fingerprint density at radius 2 is 1.95 bits per heavy atom. The smallest absolute Gasteiger partial charge is 0.230 e. The van der Waals surface area contributed by atoms with E-state index in [1.54, 1.807) is 0 Å². The lowest BCUT2D eigenvalue weighted by Crippen LogP contribution is -2.14. The van der Waals surface area contributed by atoms with E-state index >= 15 is 0 Å². The van der Waals surface area contributed by atoms with Crippen molar-refractivity contribution in [2.45, 2.75) is 27.2 Å². The molecule has 22 heavy (non-hydrogen) atoms. The highest BCUT2D eigenvalue weighted by Gasteiger charge is 2.14. The number of hydrogen-bond acceptors (Lipinski definition) is 3. The van der Waals surface area contributed by atoms with Crippen molar-refractivity contribution in [2.75, 3.05) is 5.32 Å². The molecule has 0 bridgehead atoms. The molecule has 3 aromatic rings. The number of benzene rings is 2. The minimum atomic E-state index is -0.0973. The van der Waals surface area contributed by atoms with Crippen molar-refractivity contribution >= 4 is 22.6 Å². The summed E-state index contributed by atoms with van der Waals surface area (Å²) in [5, 5.41) is 7.87. The predicted molar refractivity (Wildman–Crippen MR) is 87.0 cm³/mol. The van der Waals surface area contributed by atoms with E-state index in [2.05, 4.69) is 10.5 Å². The van der Waals surface area contributed by atoms with Gasteiger partial charge in [-0.25, -0.2) is 0 Å². The summed E-state index contributed by atoms with van der Waals surface area (Å²) in [5.41, 5.74) is 5.50. The largest absolute Gasteiger partial charge is 0.356 e. The molecule has 0 saturated carbocycles. The molecule has 1 heterocycles. The second kappa shape index (κ2) is 5.64. The Labute approximate surface area is 129 Å². The van der Waals surface area contributed by atoms with Crippen molar-refractivity contribution in [1.82, 2.24) is 5.16 Å². The summed E-state index contributed by atoms with van der Waals surface area (Å²) in [5.74, 6) is -0.0973. The van der Waals surface area contributed by atoms with Crippen molar-refractivity contribution in [1.29, 1.82) is 0 Å². The number of anilines is 1. The molecule has 0 saturated heterocycles. The van der Waals surface area contributed by atoms with Gasteiger partial charge in [-0.2, -0.15) is 0 Å². The molecule has 4 heteroatoms. The summed E-state index contributed by atoms with van der Waals surface area (Å²) in [6, 6.07) is 11.8. The molecule has 3 rings (SSSR count). The van der Waals surface area contributed by atoms with Gasteiger partial charge in [-0.1, -0.05) is 23.4 Å². The Morgan fingerprint density at radius 3 is 2.73 bits per heavy atom. The van der Waals surface area contributed by atoms with Gasteiger partial charge in [0.2, 0.25) is 5.91 Å². The second-order valence-electron chi connectivity index (χ2n) is 5.68. The van der Waals surface area contributed by atoms with Gasteiger partial charge in [-0.05, 0) is 55.7 Å². The third kappa shape index (κ3) is 2.86. The zero-order valence-electron chi connectivity index (χ0n) is 12.9. The van der Waals surface area contributed by atoms with Crippen LogP contribution in [0.1, 0.15) is 22.4 Å². The first-order valence-corrected chi connectivity index (χ1v) is 7.25. The topological polar surface area (TPSA) is 55.1 Å². The maximum Gasteiger partial charge on any atom is 0.230 e. The Balaban J connectivity index is 1.82. The van der Waals surface area contributed by atoms with E-state index in [1.807, 2.05) is 57.2 Å². The van der Waals surface area contributed by atoms with E-state index in [1.165, 1.54) is 0 Å². The Bertz CT molecular complexity index is 849. The molecule has 1 aromatic heterocycles. The minimum Gasteiger partial charge on any atom is -0.356 e. The van der Waals surface area contributed by atoms with Crippen LogP contribution in [0, 0.1) is 20.8 Å². The number of hydrogen-bond donors (Lipinski definition) is 1. The fourth-order valence-electron chi connectivity index (χ4n) is 2.65. The molecular formula is C18H18N2O2. The minimum absolute atomic E-state index is 0.0973. The fourth-order valence-corrected chi connectivity index (χ4v) is 2.65. The molecule has 0 fully saturated rings. The Morgan fingerprint density at radius 1 is 1.14 bits per heavy atom. The van der Waals surface area contributed by atoms with Gasteiger partial charge in [-0.15, -0.1) is 0 Å². The van der Waals surface area contributed by atoms with Gasteiger partial charge < -0.3 is 9.84 Å². The number of aromatic nitrogens is 1. The molecule has 0 spiro atoms. The molecule has 112 valence electrons. The molecule has 0 radical (unpaired) electrons. The van der Waals surface area contributed by atoms with E-state index in [9.17, 15) is 4.79 Å². The van der Waals surface area contributed by atoms with Crippen LogP contribution >= 0.6 is 0 Å². The van der Waals surface area contributed by atoms with Crippen LogP contribution in [-0.2, 0) is 11.2 Å². The van der Waals surface area contributed by atoms with Crippen molar-refractivity contribution in [3.63, 3.8) is 0 Å². The maximum absolute atomic E-state index is 12.2. The van der Waals surface area contributed by atoms with Crippen LogP contribution < -0.4 is 5.32 Å².